The molecule has 4 rings (SSSR count). The number of hydrogen-bond acceptors (Lipinski definition) is 7. The first kappa shape index (κ1) is 22.3. The normalized spacial score (nSPS) is 20.6. The maximum atomic E-state index is 13.3. The molecule has 170 valence electrons. The summed E-state index contributed by atoms with van der Waals surface area (Å²) in [6.45, 7) is 7.10. The molecule has 1 saturated carbocycles. The van der Waals surface area contributed by atoms with E-state index in [9.17, 15) is 13.2 Å². The van der Waals surface area contributed by atoms with Crippen LogP contribution in [0.25, 0.3) is 6.08 Å². The molecule has 2 aliphatic rings. The molecule has 0 bridgehead atoms. The van der Waals surface area contributed by atoms with Crippen molar-refractivity contribution in [2.24, 2.45) is 11.8 Å². The number of nitrogens with zero attached hydrogens (tertiary/aromatic N) is 3. The zero-order valence-electron chi connectivity index (χ0n) is 18.6. The van der Waals surface area contributed by atoms with Crippen molar-refractivity contribution in [1.29, 1.82) is 0 Å². The third kappa shape index (κ3) is 4.77. The Morgan fingerprint density at radius 1 is 1.31 bits per heavy atom. The molecule has 3 N–H and O–H groups in total. The number of carbonyl (C=O) groups is 1. The van der Waals surface area contributed by atoms with E-state index in [1.807, 2.05) is 6.08 Å². The second kappa shape index (κ2) is 8.20. The molecule has 0 aromatic carbocycles. The fourth-order valence-electron chi connectivity index (χ4n) is 4.25. The summed E-state index contributed by atoms with van der Waals surface area (Å²) in [6.07, 6.45) is 9.06. The molecule has 3 heterocycles. The molecule has 2 aromatic rings. The van der Waals surface area contributed by atoms with Crippen molar-refractivity contribution in [3.8, 4) is 0 Å². The summed E-state index contributed by atoms with van der Waals surface area (Å²) >= 11 is 0. The van der Waals surface area contributed by atoms with Gasteiger partial charge in [-0.3, -0.25) is 4.79 Å². The van der Waals surface area contributed by atoms with Crippen LogP contribution in [0.3, 0.4) is 0 Å². The van der Waals surface area contributed by atoms with Gasteiger partial charge in [0.15, 0.2) is 5.03 Å². The number of hydrogen-bond donors (Lipinski definition) is 2. The van der Waals surface area contributed by atoms with Crippen molar-refractivity contribution in [3.05, 3.63) is 47.7 Å². The number of nitrogens with one attached hydrogen (secondary N) is 1. The molecule has 32 heavy (non-hydrogen) atoms. The number of allylic oxidation sites excluding steroid dienone is 1. The minimum Gasteiger partial charge on any atom is -0.384 e. The Kier molecular flexibility index (Phi) is 5.70. The fourth-order valence-corrected chi connectivity index (χ4v) is 5.19. The summed E-state index contributed by atoms with van der Waals surface area (Å²) in [4.78, 5) is 23.8. The number of amides is 1. The zero-order chi connectivity index (χ0) is 23.1. The van der Waals surface area contributed by atoms with Crippen LogP contribution in [-0.2, 0) is 10.0 Å². The predicted molar refractivity (Wildman–Crippen MR) is 125 cm³/mol. The second-order valence-corrected chi connectivity index (χ2v) is 11.0. The van der Waals surface area contributed by atoms with Crippen LogP contribution < -0.4 is 15.4 Å². The van der Waals surface area contributed by atoms with Crippen molar-refractivity contribution in [2.75, 3.05) is 17.2 Å². The summed E-state index contributed by atoms with van der Waals surface area (Å²) in [5, 5.41) is -0.305. The van der Waals surface area contributed by atoms with Gasteiger partial charge in [-0.05, 0) is 68.7 Å². The van der Waals surface area contributed by atoms with Crippen LogP contribution in [-0.4, -0.2) is 36.4 Å². The Labute approximate surface area is 189 Å². The molecular formula is C23H29N5O3S. The van der Waals surface area contributed by atoms with Crippen molar-refractivity contribution >= 4 is 33.6 Å². The van der Waals surface area contributed by atoms with Gasteiger partial charge in [-0.1, -0.05) is 25.1 Å². The zero-order valence-corrected chi connectivity index (χ0v) is 19.4. The number of nitrogens with two attached hydrogens (primary N) is 1. The smallest absolute Gasteiger partial charge is 0.281 e. The van der Waals surface area contributed by atoms with Gasteiger partial charge in [0.05, 0.1) is 5.56 Å². The largest absolute Gasteiger partial charge is 0.384 e. The highest BCUT2D eigenvalue weighted by Crippen LogP contribution is 2.37. The lowest BCUT2D eigenvalue weighted by atomic mass is 9.97. The van der Waals surface area contributed by atoms with Gasteiger partial charge in [-0.15, -0.1) is 0 Å². The standard InChI is InChI=1S/C23H29N5O3S/c1-15-12-23(2,3)28(14-15)21-18(11-17(13-25-21)10-9-16-7-8-16)22(29)27-32(30,31)20-6-4-5-19(24)26-20/h4-6,9-11,13,15-16H,7-8,12,14H2,1-3H3,(H2,24,26)(H,27,29). The van der Waals surface area contributed by atoms with E-state index in [2.05, 4.69) is 46.4 Å². The van der Waals surface area contributed by atoms with Crippen LogP contribution in [0.1, 0.15) is 56.0 Å². The number of aromatic nitrogens is 2. The highest BCUT2D eigenvalue weighted by molar-refractivity contribution is 7.90. The Balaban J connectivity index is 1.71. The van der Waals surface area contributed by atoms with Crippen molar-refractivity contribution in [2.45, 2.75) is 50.6 Å². The summed E-state index contributed by atoms with van der Waals surface area (Å²) in [5.41, 5.74) is 6.39. The molecule has 0 spiro atoms. The average Bonchev–Trinajstić information content (AvgIpc) is 3.49. The van der Waals surface area contributed by atoms with Crippen molar-refractivity contribution in [1.82, 2.24) is 14.7 Å². The summed E-state index contributed by atoms with van der Waals surface area (Å²) in [7, 11) is -4.19. The van der Waals surface area contributed by atoms with Gasteiger partial charge in [-0.25, -0.2) is 14.7 Å². The molecule has 0 radical (unpaired) electrons. The molecule has 1 atom stereocenters. The van der Waals surface area contributed by atoms with Crippen LogP contribution in [0, 0.1) is 11.8 Å². The number of nitrogen functional groups attached to an aromatic ring is 1. The average molecular weight is 456 g/mol. The van der Waals surface area contributed by atoms with Crippen LogP contribution >= 0.6 is 0 Å². The van der Waals surface area contributed by atoms with E-state index in [4.69, 9.17) is 5.73 Å². The number of rotatable bonds is 6. The number of carbonyl (C=O) groups excluding carboxylic acids is 1. The summed E-state index contributed by atoms with van der Waals surface area (Å²) in [5.74, 6) is 0.797. The van der Waals surface area contributed by atoms with Gasteiger partial charge >= 0.3 is 0 Å². The molecule has 1 aliphatic heterocycles. The van der Waals surface area contributed by atoms with Gasteiger partial charge in [0.1, 0.15) is 11.6 Å². The Morgan fingerprint density at radius 3 is 2.69 bits per heavy atom. The highest BCUT2D eigenvalue weighted by atomic mass is 32.2. The van der Waals surface area contributed by atoms with E-state index in [0.717, 1.165) is 18.5 Å². The quantitative estimate of drug-likeness (QED) is 0.686. The van der Waals surface area contributed by atoms with Crippen LogP contribution in [0.2, 0.25) is 0 Å². The number of anilines is 2. The first-order valence-corrected chi connectivity index (χ1v) is 12.3. The lowest BCUT2D eigenvalue weighted by Crippen LogP contribution is -2.41. The molecule has 1 amide bonds. The molecule has 1 unspecified atom stereocenters. The molecule has 8 nitrogen and oxygen atoms in total. The molecular weight excluding hydrogens is 426 g/mol. The maximum Gasteiger partial charge on any atom is 0.281 e. The SMILES string of the molecule is CC1CN(c2ncc(C=CC3CC3)cc2C(=O)NS(=O)(=O)c2cccc(N)n2)C(C)(C)C1. The minimum absolute atomic E-state index is 0.0581. The predicted octanol–water partition coefficient (Wildman–Crippen LogP) is 3.23. The fraction of sp³-hybridized carbons (Fsp3) is 0.435. The third-order valence-corrected chi connectivity index (χ3v) is 7.12. The lowest BCUT2D eigenvalue weighted by Gasteiger charge is -2.33. The number of pyridine rings is 2. The van der Waals surface area contributed by atoms with Gasteiger partial charge in [0.2, 0.25) is 0 Å². The van der Waals surface area contributed by atoms with Gasteiger partial charge in [0.25, 0.3) is 15.9 Å². The summed E-state index contributed by atoms with van der Waals surface area (Å²) in [6, 6.07) is 5.96. The second-order valence-electron chi connectivity index (χ2n) is 9.40. The van der Waals surface area contributed by atoms with Gasteiger partial charge < -0.3 is 10.6 Å². The topological polar surface area (TPSA) is 118 Å². The third-order valence-electron chi connectivity index (χ3n) is 5.89. The van der Waals surface area contributed by atoms with E-state index >= 15 is 0 Å². The van der Waals surface area contributed by atoms with Crippen LogP contribution in [0.4, 0.5) is 11.6 Å². The van der Waals surface area contributed by atoms with E-state index in [1.54, 1.807) is 12.3 Å². The van der Waals surface area contributed by atoms with Crippen molar-refractivity contribution in [3.63, 3.8) is 0 Å². The Bertz CT molecular complexity index is 1170. The van der Waals surface area contributed by atoms with E-state index < -0.39 is 15.9 Å². The van der Waals surface area contributed by atoms with E-state index in [0.29, 0.717) is 17.7 Å². The first-order valence-electron chi connectivity index (χ1n) is 10.8. The van der Waals surface area contributed by atoms with Gasteiger partial charge in [-0.2, -0.15) is 8.42 Å². The maximum absolute atomic E-state index is 13.3. The molecule has 1 saturated heterocycles. The monoisotopic (exact) mass is 455 g/mol. The summed E-state index contributed by atoms with van der Waals surface area (Å²) < 4.78 is 27.7. The van der Waals surface area contributed by atoms with Gasteiger partial charge in [0, 0.05) is 18.3 Å². The Hall–Kier alpha value is -2.94. The first-order chi connectivity index (χ1) is 15.0. The van der Waals surface area contributed by atoms with Crippen molar-refractivity contribution < 1.29 is 13.2 Å². The lowest BCUT2D eigenvalue weighted by molar-refractivity contribution is 0.0981. The molecule has 2 aromatic heterocycles. The Morgan fingerprint density at radius 2 is 2.06 bits per heavy atom. The van der Waals surface area contributed by atoms with E-state index in [1.165, 1.54) is 31.0 Å². The molecule has 2 fully saturated rings. The number of sulfonamides is 1. The van der Waals surface area contributed by atoms with Crippen LogP contribution in [0.15, 0.2) is 41.6 Å². The molecule has 9 heteroatoms. The highest BCUT2D eigenvalue weighted by Gasteiger charge is 2.39. The van der Waals surface area contributed by atoms with E-state index in [-0.39, 0.29) is 21.9 Å². The minimum atomic E-state index is -4.19. The molecule has 1 aliphatic carbocycles. The van der Waals surface area contributed by atoms with Crippen LogP contribution in [0.5, 0.6) is 0 Å².